The van der Waals surface area contributed by atoms with Gasteiger partial charge in [-0.3, -0.25) is 4.79 Å². The number of hydrogen-bond acceptors (Lipinski definition) is 7. The van der Waals surface area contributed by atoms with E-state index < -0.39 is 39.7 Å². The smallest absolute Gasteiger partial charge is 0.417 e. The van der Waals surface area contributed by atoms with Crippen LogP contribution in [0.25, 0.3) is 0 Å². The third-order valence-electron chi connectivity index (χ3n) is 7.76. The number of carbonyl (C=O) groups excluding carboxylic acids is 2. The van der Waals surface area contributed by atoms with E-state index in [1.165, 1.54) is 9.87 Å². The maximum Gasteiger partial charge on any atom is 0.417 e. The monoisotopic (exact) mass is 586 g/mol. The summed E-state index contributed by atoms with van der Waals surface area (Å²) >= 11 is 0. The Hall–Kier alpha value is -2.95. The molecule has 1 aliphatic carbocycles. The van der Waals surface area contributed by atoms with Gasteiger partial charge in [0.25, 0.3) is 0 Å². The highest BCUT2D eigenvalue weighted by Gasteiger charge is 2.49. The number of amides is 2. The van der Waals surface area contributed by atoms with Crippen molar-refractivity contribution in [2.45, 2.75) is 89.1 Å². The molecular formula is C31H42N2O7S. The largest absolute Gasteiger partial charge is 0.497 e. The van der Waals surface area contributed by atoms with Crippen molar-refractivity contribution in [1.29, 1.82) is 0 Å². The maximum atomic E-state index is 13.3. The zero-order chi connectivity index (χ0) is 29.8. The number of sulfonamides is 1. The Morgan fingerprint density at radius 2 is 1.63 bits per heavy atom. The number of carbonyl (C=O) groups is 2. The van der Waals surface area contributed by atoms with Crippen LogP contribution in [0.2, 0.25) is 0 Å². The van der Waals surface area contributed by atoms with Crippen molar-refractivity contribution < 1.29 is 32.2 Å². The van der Waals surface area contributed by atoms with E-state index in [1.807, 2.05) is 6.07 Å². The van der Waals surface area contributed by atoms with Crippen molar-refractivity contribution in [1.82, 2.24) is 9.21 Å². The molecule has 0 spiro atoms. The molecule has 2 atom stereocenters. The number of benzene rings is 2. The topological polar surface area (TPSA) is 102 Å². The predicted octanol–water partition coefficient (Wildman–Crippen LogP) is 5.10. The van der Waals surface area contributed by atoms with Crippen LogP contribution in [0.1, 0.15) is 69.9 Å². The van der Waals surface area contributed by atoms with E-state index in [9.17, 15) is 18.0 Å². The molecular weight excluding hydrogens is 544 g/mol. The minimum Gasteiger partial charge on any atom is -0.497 e. The molecule has 2 aromatic carbocycles. The molecule has 1 heterocycles. The molecule has 2 aliphatic rings. The highest BCUT2D eigenvalue weighted by molar-refractivity contribution is 7.88. The van der Waals surface area contributed by atoms with Gasteiger partial charge in [-0.1, -0.05) is 42.5 Å². The Morgan fingerprint density at radius 1 is 1.00 bits per heavy atom. The summed E-state index contributed by atoms with van der Waals surface area (Å²) in [4.78, 5) is 27.6. The number of likely N-dealkylation sites (tertiary alicyclic amines) is 1. The van der Waals surface area contributed by atoms with Crippen LogP contribution in [0.4, 0.5) is 4.79 Å². The Morgan fingerprint density at radius 3 is 2.20 bits per heavy atom. The zero-order valence-electron chi connectivity index (χ0n) is 24.6. The molecule has 2 aromatic rings. The van der Waals surface area contributed by atoms with E-state index in [4.69, 9.17) is 14.2 Å². The van der Waals surface area contributed by atoms with E-state index in [1.54, 1.807) is 52.1 Å². The number of methoxy groups -OCH3 is 1. The van der Waals surface area contributed by atoms with Gasteiger partial charge in [0.1, 0.15) is 11.4 Å². The third kappa shape index (κ3) is 8.08. The summed E-state index contributed by atoms with van der Waals surface area (Å²) in [5.41, 5.74) is 1.24. The fourth-order valence-corrected chi connectivity index (χ4v) is 6.80. The molecule has 0 N–H and O–H groups in total. The first-order valence-electron chi connectivity index (χ1n) is 14.2. The van der Waals surface area contributed by atoms with Crippen molar-refractivity contribution in [3.05, 3.63) is 65.7 Å². The van der Waals surface area contributed by atoms with Gasteiger partial charge >= 0.3 is 6.09 Å². The molecule has 2 unspecified atom stereocenters. The van der Waals surface area contributed by atoms with Crippen LogP contribution >= 0.6 is 0 Å². The standard InChI is InChI=1S/C31H42N2O7S/c1-31(2,3)40-30(35)33-28(21-39-26-17-13-24(14-18-26)23-9-7-6-8-10-23)27(19-29(33)34)32(41(5,36)37)20-22-11-15-25(38-4)16-12-22/h6-12,15-16,24,26-28H,13-14,17-21H2,1-5H3/t24-,26+,27?,28?. The van der Waals surface area contributed by atoms with Crippen LogP contribution in [0.15, 0.2) is 54.6 Å². The number of rotatable bonds is 9. The second-order valence-electron chi connectivity index (χ2n) is 12.0. The minimum absolute atomic E-state index is 0.0327. The summed E-state index contributed by atoms with van der Waals surface area (Å²) in [6.07, 6.45) is 3.80. The molecule has 224 valence electrons. The molecule has 1 saturated heterocycles. The van der Waals surface area contributed by atoms with Gasteiger partial charge in [-0.2, -0.15) is 4.31 Å². The highest BCUT2D eigenvalue weighted by Crippen LogP contribution is 2.35. The Kier molecular flexibility index (Phi) is 9.77. The van der Waals surface area contributed by atoms with Gasteiger partial charge in [-0.15, -0.1) is 0 Å². The van der Waals surface area contributed by atoms with E-state index in [2.05, 4.69) is 24.3 Å². The van der Waals surface area contributed by atoms with Crippen LogP contribution in [-0.4, -0.2) is 73.4 Å². The molecule has 2 fully saturated rings. The van der Waals surface area contributed by atoms with Crippen molar-refractivity contribution in [2.24, 2.45) is 0 Å². The number of hydrogen-bond donors (Lipinski definition) is 0. The molecule has 1 saturated carbocycles. The van der Waals surface area contributed by atoms with Crippen LogP contribution in [-0.2, 0) is 30.8 Å². The van der Waals surface area contributed by atoms with Crippen molar-refractivity contribution >= 4 is 22.0 Å². The van der Waals surface area contributed by atoms with Crippen LogP contribution in [0.5, 0.6) is 5.75 Å². The second kappa shape index (κ2) is 12.9. The van der Waals surface area contributed by atoms with Crippen molar-refractivity contribution in [3.8, 4) is 5.75 Å². The first-order valence-corrected chi connectivity index (χ1v) is 16.0. The van der Waals surface area contributed by atoms with Gasteiger partial charge in [0.2, 0.25) is 15.9 Å². The normalized spacial score (nSPS) is 23.6. The van der Waals surface area contributed by atoms with Gasteiger partial charge in [-0.05, 0) is 75.6 Å². The van der Waals surface area contributed by atoms with Crippen LogP contribution in [0, 0.1) is 0 Å². The number of ether oxygens (including phenoxy) is 3. The summed E-state index contributed by atoms with van der Waals surface area (Å²) in [5.74, 6) is 0.648. The SMILES string of the molecule is COc1ccc(CN(C2CC(=O)N(C(=O)OC(C)(C)C)C2CO[C@H]2CC[C@@H](c3ccccc3)CC2)S(C)(=O)=O)cc1. The average molecular weight is 587 g/mol. The van der Waals surface area contributed by atoms with Gasteiger partial charge < -0.3 is 14.2 Å². The minimum atomic E-state index is -3.77. The highest BCUT2D eigenvalue weighted by atomic mass is 32.2. The fourth-order valence-electron chi connectivity index (χ4n) is 5.71. The summed E-state index contributed by atoms with van der Waals surface area (Å²) in [6, 6.07) is 15.9. The molecule has 4 rings (SSSR count). The average Bonchev–Trinajstić information content (AvgIpc) is 3.25. The summed E-state index contributed by atoms with van der Waals surface area (Å²) in [6.45, 7) is 5.26. The summed E-state index contributed by atoms with van der Waals surface area (Å²) < 4.78 is 44.6. The van der Waals surface area contributed by atoms with E-state index >= 15 is 0 Å². The van der Waals surface area contributed by atoms with Gasteiger partial charge in [0.15, 0.2) is 0 Å². The Balaban J connectivity index is 1.54. The lowest BCUT2D eigenvalue weighted by Crippen LogP contribution is -2.52. The predicted molar refractivity (Wildman–Crippen MR) is 156 cm³/mol. The summed E-state index contributed by atoms with van der Waals surface area (Å²) in [5, 5.41) is 0. The lowest BCUT2D eigenvalue weighted by molar-refractivity contribution is -0.129. The van der Waals surface area contributed by atoms with E-state index in [0.29, 0.717) is 11.7 Å². The van der Waals surface area contributed by atoms with Crippen molar-refractivity contribution in [3.63, 3.8) is 0 Å². The molecule has 1 aliphatic heterocycles. The zero-order valence-corrected chi connectivity index (χ0v) is 25.4. The van der Waals surface area contributed by atoms with E-state index in [-0.39, 0.29) is 25.7 Å². The number of nitrogens with zero attached hydrogens (tertiary/aromatic N) is 2. The third-order valence-corrected chi connectivity index (χ3v) is 9.01. The van der Waals surface area contributed by atoms with Gasteiger partial charge in [0.05, 0.1) is 38.2 Å². The number of imide groups is 1. The summed E-state index contributed by atoms with van der Waals surface area (Å²) in [7, 11) is -2.21. The van der Waals surface area contributed by atoms with Crippen LogP contribution in [0.3, 0.4) is 0 Å². The van der Waals surface area contributed by atoms with Gasteiger partial charge in [0, 0.05) is 13.0 Å². The molecule has 0 bridgehead atoms. The molecule has 9 nitrogen and oxygen atoms in total. The molecule has 2 amide bonds. The van der Waals surface area contributed by atoms with Crippen LogP contribution < -0.4 is 4.74 Å². The lowest BCUT2D eigenvalue weighted by atomic mass is 9.83. The quantitative estimate of drug-likeness (QED) is 0.403. The Bertz CT molecular complexity index is 1280. The molecule has 10 heteroatoms. The second-order valence-corrected chi connectivity index (χ2v) is 13.9. The molecule has 0 radical (unpaired) electrons. The van der Waals surface area contributed by atoms with E-state index in [0.717, 1.165) is 42.4 Å². The first kappa shape index (κ1) is 31.0. The van der Waals surface area contributed by atoms with Crippen molar-refractivity contribution in [2.75, 3.05) is 20.0 Å². The fraction of sp³-hybridized carbons (Fsp3) is 0.548. The maximum absolute atomic E-state index is 13.3. The Labute approximate surface area is 243 Å². The lowest BCUT2D eigenvalue weighted by Gasteiger charge is -2.35. The molecule has 0 aromatic heterocycles. The first-order chi connectivity index (χ1) is 19.4. The molecule has 41 heavy (non-hydrogen) atoms. The van der Waals surface area contributed by atoms with Gasteiger partial charge in [-0.25, -0.2) is 18.1 Å².